The maximum atomic E-state index is 11.2. The van der Waals surface area contributed by atoms with E-state index in [1.54, 1.807) is 12.1 Å². The molecule has 2 rings (SSSR count). The number of benzene rings is 2. The molecule has 0 aromatic heterocycles. The molecular formula is C18H24N2O3S. The van der Waals surface area contributed by atoms with Gasteiger partial charge in [0.2, 0.25) is 10.0 Å². The summed E-state index contributed by atoms with van der Waals surface area (Å²) in [5.41, 5.74) is 1.95. The second-order valence-electron chi connectivity index (χ2n) is 5.96. The molecule has 0 amide bonds. The van der Waals surface area contributed by atoms with Gasteiger partial charge in [0.25, 0.3) is 0 Å². The molecule has 4 N–H and O–H groups in total. The summed E-state index contributed by atoms with van der Waals surface area (Å²) in [6, 6.07) is 16.4. The molecule has 0 saturated carbocycles. The van der Waals surface area contributed by atoms with E-state index in [-0.39, 0.29) is 10.9 Å². The molecule has 0 saturated heterocycles. The smallest absolute Gasteiger partial charge is 0.238 e. The number of aryl methyl sites for hydroxylation is 1. The van der Waals surface area contributed by atoms with Gasteiger partial charge in [-0.2, -0.15) is 0 Å². The van der Waals surface area contributed by atoms with E-state index >= 15 is 0 Å². The first kappa shape index (κ1) is 18.6. The molecule has 0 aliphatic carbocycles. The van der Waals surface area contributed by atoms with Gasteiger partial charge in [-0.05, 0) is 43.0 Å². The summed E-state index contributed by atoms with van der Waals surface area (Å²) in [6.45, 7) is 2.56. The summed E-state index contributed by atoms with van der Waals surface area (Å²) in [7, 11) is -3.64. The molecule has 2 atom stereocenters. The molecule has 24 heavy (non-hydrogen) atoms. The van der Waals surface area contributed by atoms with Gasteiger partial charge < -0.3 is 10.4 Å². The summed E-state index contributed by atoms with van der Waals surface area (Å²) in [4.78, 5) is 0.128. The molecule has 2 aromatic rings. The zero-order valence-electron chi connectivity index (χ0n) is 13.7. The molecule has 0 radical (unpaired) electrons. The van der Waals surface area contributed by atoms with Crippen LogP contribution in [0.3, 0.4) is 0 Å². The Bertz CT molecular complexity index is 731. The van der Waals surface area contributed by atoms with Crippen LogP contribution in [0.2, 0.25) is 0 Å². The number of hydrogen-bond acceptors (Lipinski definition) is 4. The minimum Gasteiger partial charge on any atom is -0.387 e. The van der Waals surface area contributed by atoms with E-state index in [4.69, 9.17) is 5.14 Å². The van der Waals surface area contributed by atoms with E-state index in [1.165, 1.54) is 12.1 Å². The molecule has 0 bridgehead atoms. The van der Waals surface area contributed by atoms with E-state index < -0.39 is 16.1 Å². The third kappa shape index (κ3) is 5.72. The molecule has 5 nitrogen and oxygen atoms in total. The standard InChI is InChI=1S/C18H24N2O3S/c1-14(20-13-18(21)16-5-3-2-4-6-16)7-8-15-9-11-17(12-10-15)24(19,22)23/h2-6,9-12,14,18,20-21H,7-8,13H2,1H3,(H2,19,22,23)/t14-,18+/m0/s1. The second kappa shape index (κ2) is 8.39. The molecule has 0 aliphatic heterocycles. The summed E-state index contributed by atoms with van der Waals surface area (Å²) >= 11 is 0. The van der Waals surface area contributed by atoms with Crippen LogP contribution in [-0.4, -0.2) is 26.1 Å². The molecule has 0 heterocycles. The van der Waals surface area contributed by atoms with E-state index in [0.29, 0.717) is 6.54 Å². The van der Waals surface area contributed by atoms with Crippen molar-refractivity contribution in [3.05, 3.63) is 65.7 Å². The number of sulfonamides is 1. The fourth-order valence-corrected chi connectivity index (χ4v) is 2.95. The van der Waals surface area contributed by atoms with Gasteiger partial charge in [0, 0.05) is 12.6 Å². The Morgan fingerprint density at radius 2 is 1.71 bits per heavy atom. The van der Waals surface area contributed by atoms with Crippen molar-refractivity contribution < 1.29 is 13.5 Å². The van der Waals surface area contributed by atoms with Crippen molar-refractivity contribution in [2.75, 3.05) is 6.54 Å². The number of aliphatic hydroxyl groups excluding tert-OH is 1. The lowest BCUT2D eigenvalue weighted by atomic mass is 10.1. The lowest BCUT2D eigenvalue weighted by Crippen LogP contribution is -2.30. The molecule has 130 valence electrons. The normalized spacial score (nSPS) is 14.3. The van der Waals surface area contributed by atoms with Crippen LogP contribution >= 0.6 is 0 Å². The van der Waals surface area contributed by atoms with E-state index in [0.717, 1.165) is 24.0 Å². The number of hydrogen-bond donors (Lipinski definition) is 3. The van der Waals surface area contributed by atoms with Crippen LogP contribution in [-0.2, 0) is 16.4 Å². The van der Waals surface area contributed by atoms with Gasteiger partial charge in [0.15, 0.2) is 0 Å². The van der Waals surface area contributed by atoms with E-state index in [2.05, 4.69) is 12.2 Å². The van der Waals surface area contributed by atoms with Gasteiger partial charge in [-0.3, -0.25) is 0 Å². The first-order valence-corrected chi connectivity index (χ1v) is 9.49. The van der Waals surface area contributed by atoms with Gasteiger partial charge in [0.1, 0.15) is 0 Å². The average Bonchev–Trinajstić information content (AvgIpc) is 2.58. The van der Waals surface area contributed by atoms with Crippen molar-refractivity contribution in [1.82, 2.24) is 5.32 Å². The number of aliphatic hydroxyl groups is 1. The van der Waals surface area contributed by atoms with E-state index in [9.17, 15) is 13.5 Å². The Morgan fingerprint density at radius 1 is 1.08 bits per heavy atom. The fraction of sp³-hybridized carbons (Fsp3) is 0.333. The third-order valence-electron chi connectivity index (χ3n) is 3.96. The fourth-order valence-electron chi connectivity index (χ4n) is 2.44. The predicted molar refractivity (Wildman–Crippen MR) is 95.0 cm³/mol. The average molecular weight is 348 g/mol. The lowest BCUT2D eigenvalue weighted by Gasteiger charge is -2.17. The Labute approximate surface area is 143 Å². The van der Waals surface area contributed by atoms with Crippen molar-refractivity contribution in [2.24, 2.45) is 5.14 Å². The molecule has 6 heteroatoms. The van der Waals surface area contributed by atoms with Crippen LogP contribution in [0.25, 0.3) is 0 Å². The van der Waals surface area contributed by atoms with Crippen LogP contribution in [0.4, 0.5) is 0 Å². The zero-order valence-corrected chi connectivity index (χ0v) is 14.5. The number of nitrogens with one attached hydrogen (secondary N) is 1. The molecule has 2 aromatic carbocycles. The molecular weight excluding hydrogens is 324 g/mol. The largest absolute Gasteiger partial charge is 0.387 e. The third-order valence-corrected chi connectivity index (χ3v) is 4.89. The number of primary sulfonamides is 1. The van der Waals surface area contributed by atoms with Gasteiger partial charge >= 0.3 is 0 Å². The van der Waals surface area contributed by atoms with Crippen molar-refractivity contribution in [3.63, 3.8) is 0 Å². The summed E-state index contributed by atoms with van der Waals surface area (Å²) in [5, 5.41) is 18.5. The highest BCUT2D eigenvalue weighted by atomic mass is 32.2. The minimum atomic E-state index is -3.64. The number of nitrogens with two attached hydrogens (primary N) is 1. The Hall–Kier alpha value is -1.73. The van der Waals surface area contributed by atoms with E-state index in [1.807, 2.05) is 30.3 Å². The first-order chi connectivity index (χ1) is 11.4. The van der Waals surface area contributed by atoms with Crippen LogP contribution in [0.15, 0.2) is 59.5 Å². The van der Waals surface area contributed by atoms with Crippen LogP contribution in [0.1, 0.15) is 30.6 Å². The zero-order chi connectivity index (χ0) is 17.6. The monoisotopic (exact) mass is 348 g/mol. The number of rotatable bonds is 8. The molecule has 0 unspecified atom stereocenters. The highest BCUT2D eigenvalue weighted by Crippen LogP contribution is 2.13. The Morgan fingerprint density at radius 3 is 2.29 bits per heavy atom. The van der Waals surface area contributed by atoms with Gasteiger partial charge in [-0.1, -0.05) is 42.5 Å². The minimum absolute atomic E-state index is 0.128. The van der Waals surface area contributed by atoms with Crippen molar-refractivity contribution in [3.8, 4) is 0 Å². The van der Waals surface area contributed by atoms with Gasteiger partial charge in [0.05, 0.1) is 11.0 Å². The van der Waals surface area contributed by atoms with Crippen molar-refractivity contribution in [2.45, 2.75) is 36.8 Å². The molecule has 0 aliphatic rings. The first-order valence-electron chi connectivity index (χ1n) is 7.94. The Balaban J connectivity index is 1.78. The van der Waals surface area contributed by atoms with Crippen molar-refractivity contribution in [1.29, 1.82) is 0 Å². The lowest BCUT2D eigenvalue weighted by molar-refractivity contribution is 0.170. The van der Waals surface area contributed by atoms with Crippen LogP contribution in [0.5, 0.6) is 0 Å². The second-order valence-corrected chi connectivity index (χ2v) is 7.52. The maximum Gasteiger partial charge on any atom is 0.238 e. The van der Waals surface area contributed by atoms with Crippen LogP contribution < -0.4 is 10.5 Å². The Kier molecular flexibility index (Phi) is 6.51. The summed E-state index contributed by atoms with van der Waals surface area (Å²) in [5.74, 6) is 0. The maximum absolute atomic E-state index is 11.2. The summed E-state index contributed by atoms with van der Waals surface area (Å²) in [6.07, 6.45) is 1.18. The topological polar surface area (TPSA) is 92.4 Å². The SMILES string of the molecule is C[C@@H](CCc1ccc(S(N)(=O)=O)cc1)NC[C@@H](O)c1ccccc1. The molecule has 0 spiro atoms. The summed E-state index contributed by atoms with van der Waals surface area (Å²) < 4.78 is 22.4. The quantitative estimate of drug-likeness (QED) is 0.680. The highest BCUT2D eigenvalue weighted by Gasteiger charge is 2.10. The highest BCUT2D eigenvalue weighted by molar-refractivity contribution is 7.89. The van der Waals surface area contributed by atoms with Crippen LogP contribution in [0, 0.1) is 0 Å². The van der Waals surface area contributed by atoms with Gasteiger partial charge in [-0.25, -0.2) is 13.6 Å². The predicted octanol–water partition coefficient (Wildman–Crippen LogP) is 1.98. The molecule has 0 fully saturated rings. The van der Waals surface area contributed by atoms with Crippen molar-refractivity contribution >= 4 is 10.0 Å². The van der Waals surface area contributed by atoms with Gasteiger partial charge in [-0.15, -0.1) is 0 Å².